The van der Waals surface area contributed by atoms with E-state index in [9.17, 15) is 9.59 Å². The van der Waals surface area contributed by atoms with E-state index >= 15 is 0 Å². The normalized spacial score (nSPS) is 19.9. The molecule has 76 valence electrons. The fraction of sp³-hybridized carbons (Fsp3) is 0.556. The van der Waals surface area contributed by atoms with Crippen LogP contribution >= 0.6 is 11.8 Å². The number of carbonyl (C=O) groups is 2. The third-order valence-electron chi connectivity index (χ3n) is 1.79. The molecule has 1 fully saturated rings. The summed E-state index contributed by atoms with van der Waals surface area (Å²) >= 11 is 1.13. The van der Waals surface area contributed by atoms with Crippen LogP contribution in [0, 0.1) is 12.3 Å². The van der Waals surface area contributed by atoms with Crippen LogP contribution in [-0.4, -0.2) is 29.5 Å². The molecule has 0 aromatic heterocycles. The van der Waals surface area contributed by atoms with E-state index in [1.165, 1.54) is 0 Å². The Labute approximate surface area is 87.2 Å². The summed E-state index contributed by atoms with van der Waals surface area (Å²) in [7, 11) is 0. The highest BCUT2D eigenvalue weighted by atomic mass is 32.2. The van der Waals surface area contributed by atoms with Crippen molar-refractivity contribution in [3.05, 3.63) is 0 Å². The lowest BCUT2D eigenvalue weighted by molar-refractivity contribution is -0.122. The Morgan fingerprint density at radius 1 is 1.79 bits per heavy atom. The van der Waals surface area contributed by atoms with Crippen LogP contribution in [0.3, 0.4) is 0 Å². The van der Waals surface area contributed by atoms with E-state index in [2.05, 4.69) is 16.6 Å². The second-order valence-corrected chi connectivity index (χ2v) is 3.89. The van der Waals surface area contributed by atoms with E-state index in [0.717, 1.165) is 18.2 Å². The Balaban J connectivity index is 2.16. The lowest BCUT2D eigenvalue weighted by atomic mass is 10.3. The van der Waals surface area contributed by atoms with Crippen LogP contribution in [0.5, 0.6) is 0 Å². The van der Waals surface area contributed by atoms with Crippen LogP contribution in [0.4, 0.5) is 4.79 Å². The minimum atomic E-state index is -0.377. The number of thioether (sulfide) groups is 1. The predicted molar refractivity (Wildman–Crippen MR) is 55.9 cm³/mol. The van der Waals surface area contributed by atoms with Crippen molar-refractivity contribution in [2.75, 3.05) is 12.3 Å². The molecule has 0 aliphatic carbocycles. The molecule has 1 rings (SSSR count). The summed E-state index contributed by atoms with van der Waals surface area (Å²) in [5, 5.41) is 5.15. The van der Waals surface area contributed by atoms with E-state index in [4.69, 9.17) is 6.42 Å². The molecule has 0 radical (unpaired) electrons. The summed E-state index contributed by atoms with van der Waals surface area (Å²) in [6.45, 7) is 0.570. The van der Waals surface area contributed by atoms with Crippen LogP contribution in [0.2, 0.25) is 0 Å². The molecule has 4 nitrogen and oxygen atoms in total. The molecule has 0 aromatic carbocycles. The van der Waals surface area contributed by atoms with E-state index < -0.39 is 0 Å². The number of hydrogen-bond donors (Lipinski definition) is 2. The van der Waals surface area contributed by atoms with Gasteiger partial charge in [0.2, 0.25) is 5.91 Å². The molecule has 0 bridgehead atoms. The van der Waals surface area contributed by atoms with Crippen LogP contribution in [0.25, 0.3) is 0 Å². The lowest BCUT2D eigenvalue weighted by Gasteiger charge is -2.08. The maximum atomic E-state index is 11.4. The minimum absolute atomic E-state index is 0.125. The van der Waals surface area contributed by atoms with Crippen molar-refractivity contribution < 1.29 is 9.59 Å². The van der Waals surface area contributed by atoms with E-state index in [0.29, 0.717) is 18.7 Å². The molecular weight excluding hydrogens is 200 g/mol. The van der Waals surface area contributed by atoms with E-state index in [1.54, 1.807) is 0 Å². The zero-order valence-electron chi connectivity index (χ0n) is 7.71. The van der Waals surface area contributed by atoms with Crippen LogP contribution in [0.15, 0.2) is 0 Å². The van der Waals surface area contributed by atoms with Crippen molar-refractivity contribution in [3.63, 3.8) is 0 Å². The third kappa shape index (κ3) is 3.30. The van der Waals surface area contributed by atoms with Crippen molar-refractivity contribution in [1.29, 1.82) is 0 Å². The van der Waals surface area contributed by atoms with Gasteiger partial charge in [-0.15, -0.1) is 12.3 Å². The van der Waals surface area contributed by atoms with Gasteiger partial charge in [0, 0.05) is 18.7 Å². The summed E-state index contributed by atoms with van der Waals surface area (Å²) in [5.74, 6) is 2.88. The van der Waals surface area contributed by atoms with Crippen LogP contribution in [-0.2, 0) is 4.79 Å². The van der Waals surface area contributed by atoms with Gasteiger partial charge in [0.05, 0.1) is 0 Å². The summed E-state index contributed by atoms with van der Waals surface area (Å²) in [6.07, 6.45) is 6.50. The molecule has 2 N–H and O–H groups in total. The average molecular weight is 212 g/mol. The Morgan fingerprint density at radius 3 is 3.14 bits per heavy atom. The fourth-order valence-electron chi connectivity index (χ4n) is 1.05. The summed E-state index contributed by atoms with van der Waals surface area (Å²) < 4.78 is 0. The van der Waals surface area contributed by atoms with Gasteiger partial charge in [-0.2, -0.15) is 0 Å². The van der Waals surface area contributed by atoms with Gasteiger partial charge in [0.15, 0.2) is 0 Å². The molecule has 0 saturated carbocycles. The standard InChI is InChI=1S/C9H12N2O2S/c1-2-3-4-5-10-8(12)7-6-14-9(13)11-7/h1,7H,3-6H2,(H,10,12)(H,11,13). The van der Waals surface area contributed by atoms with Crippen molar-refractivity contribution in [2.45, 2.75) is 18.9 Å². The molecule has 14 heavy (non-hydrogen) atoms. The Bertz CT molecular complexity index is 272. The molecule has 1 aliphatic rings. The monoisotopic (exact) mass is 212 g/mol. The zero-order chi connectivity index (χ0) is 10.4. The highest BCUT2D eigenvalue weighted by Gasteiger charge is 2.27. The first-order valence-corrected chi connectivity index (χ1v) is 5.37. The summed E-state index contributed by atoms with van der Waals surface area (Å²) in [6, 6.07) is -0.377. The highest BCUT2D eigenvalue weighted by Crippen LogP contribution is 2.12. The molecular formula is C9H12N2O2S. The smallest absolute Gasteiger partial charge is 0.279 e. The van der Waals surface area contributed by atoms with Gasteiger partial charge < -0.3 is 10.6 Å². The predicted octanol–water partition coefficient (Wildman–Crippen LogP) is 0.341. The van der Waals surface area contributed by atoms with Crippen molar-refractivity contribution in [2.24, 2.45) is 0 Å². The van der Waals surface area contributed by atoms with Crippen LogP contribution in [0.1, 0.15) is 12.8 Å². The number of rotatable bonds is 4. The molecule has 0 spiro atoms. The number of carbonyl (C=O) groups excluding carboxylic acids is 2. The first kappa shape index (κ1) is 10.9. The molecule has 1 heterocycles. The Morgan fingerprint density at radius 2 is 2.57 bits per heavy atom. The van der Waals surface area contributed by atoms with Gasteiger partial charge in [-0.05, 0) is 6.42 Å². The van der Waals surface area contributed by atoms with Gasteiger partial charge in [-0.25, -0.2) is 0 Å². The largest absolute Gasteiger partial charge is 0.354 e. The van der Waals surface area contributed by atoms with Gasteiger partial charge in [-0.1, -0.05) is 11.8 Å². The van der Waals surface area contributed by atoms with Crippen molar-refractivity contribution in [3.8, 4) is 12.3 Å². The number of nitrogens with one attached hydrogen (secondary N) is 2. The SMILES string of the molecule is C#CCCCNC(=O)C1CSC(=O)N1. The lowest BCUT2D eigenvalue weighted by Crippen LogP contribution is -2.43. The zero-order valence-corrected chi connectivity index (χ0v) is 8.52. The molecule has 1 saturated heterocycles. The topological polar surface area (TPSA) is 58.2 Å². The molecule has 0 aromatic rings. The van der Waals surface area contributed by atoms with Gasteiger partial charge in [0.1, 0.15) is 6.04 Å². The Hall–Kier alpha value is -1.15. The van der Waals surface area contributed by atoms with Crippen molar-refractivity contribution in [1.82, 2.24) is 10.6 Å². The fourth-order valence-corrected chi connectivity index (χ4v) is 1.83. The van der Waals surface area contributed by atoms with E-state index in [-0.39, 0.29) is 17.2 Å². The van der Waals surface area contributed by atoms with Gasteiger partial charge >= 0.3 is 0 Å². The molecule has 2 amide bonds. The quantitative estimate of drug-likeness (QED) is 0.522. The first-order chi connectivity index (χ1) is 6.74. The molecule has 1 aliphatic heterocycles. The van der Waals surface area contributed by atoms with Gasteiger partial charge in [0.25, 0.3) is 5.24 Å². The Kier molecular flexibility index (Phi) is 4.33. The second-order valence-electron chi connectivity index (χ2n) is 2.89. The number of terminal acetylenes is 1. The first-order valence-electron chi connectivity index (χ1n) is 4.38. The minimum Gasteiger partial charge on any atom is -0.354 e. The van der Waals surface area contributed by atoms with E-state index in [1.807, 2.05) is 0 Å². The number of hydrogen-bond acceptors (Lipinski definition) is 3. The summed E-state index contributed by atoms with van der Waals surface area (Å²) in [5.41, 5.74) is 0. The van der Waals surface area contributed by atoms with Crippen LogP contribution < -0.4 is 10.6 Å². The number of amides is 2. The molecule has 1 atom stereocenters. The molecule has 1 unspecified atom stereocenters. The second kappa shape index (κ2) is 5.55. The summed E-state index contributed by atoms with van der Waals surface area (Å²) in [4.78, 5) is 22.1. The third-order valence-corrected chi connectivity index (χ3v) is 2.67. The number of unbranched alkanes of at least 4 members (excludes halogenated alkanes) is 1. The average Bonchev–Trinajstić information content (AvgIpc) is 2.59. The van der Waals surface area contributed by atoms with Gasteiger partial charge in [-0.3, -0.25) is 9.59 Å². The molecule has 5 heteroatoms. The van der Waals surface area contributed by atoms with Crippen molar-refractivity contribution >= 4 is 22.9 Å². The highest BCUT2D eigenvalue weighted by molar-refractivity contribution is 8.14. The maximum absolute atomic E-state index is 11.4. The maximum Gasteiger partial charge on any atom is 0.279 e.